The highest BCUT2D eigenvalue weighted by molar-refractivity contribution is 5.94. The monoisotopic (exact) mass is 298 g/mol. The van der Waals surface area contributed by atoms with E-state index >= 15 is 0 Å². The first-order valence-corrected chi connectivity index (χ1v) is 5.34. The van der Waals surface area contributed by atoms with Crippen LogP contribution in [0.1, 0.15) is 17.3 Å². The SMILES string of the molecule is CCNCCNC(=O)c1cc(F)c(F)c(O)c1F.Cl. The third-order valence-electron chi connectivity index (χ3n) is 2.21. The van der Waals surface area contributed by atoms with Gasteiger partial charge in [0.15, 0.2) is 17.4 Å². The molecular formula is C11H14ClF3N2O2. The van der Waals surface area contributed by atoms with Crippen molar-refractivity contribution >= 4 is 18.3 Å². The summed E-state index contributed by atoms with van der Waals surface area (Å²) in [6.07, 6.45) is 0. The summed E-state index contributed by atoms with van der Waals surface area (Å²) in [6, 6.07) is 0.410. The second-order valence-electron chi connectivity index (χ2n) is 3.49. The van der Waals surface area contributed by atoms with E-state index in [9.17, 15) is 18.0 Å². The average molecular weight is 299 g/mol. The number of rotatable bonds is 5. The summed E-state index contributed by atoms with van der Waals surface area (Å²) in [5.74, 6) is -7.08. The van der Waals surface area contributed by atoms with Gasteiger partial charge in [-0.25, -0.2) is 8.78 Å². The van der Waals surface area contributed by atoms with Gasteiger partial charge < -0.3 is 15.7 Å². The van der Waals surface area contributed by atoms with E-state index in [0.29, 0.717) is 19.2 Å². The second-order valence-corrected chi connectivity index (χ2v) is 3.49. The quantitative estimate of drug-likeness (QED) is 0.571. The topological polar surface area (TPSA) is 61.4 Å². The zero-order valence-electron chi connectivity index (χ0n) is 10.1. The minimum Gasteiger partial charge on any atom is -0.503 e. The zero-order valence-corrected chi connectivity index (χ0v) is 10.9. The lowest BCUT2D eigenvalue weighted by Gasteiger charge is -2.08. The number of carbonyl (C=O) groups excluding carboxylic acids is 1. The van der Waals surface area contributed by atoms with Crippen LogP contribution in [0, 0.1) is 17.5 Å². The molecule has 0 saturated carbocycles. The van der Waals surface area contributed by atoms with Crippen LogP contribution in [0.4, 0.5) is 13.2 Å². The van der Waals surface area contributed by atoms with Gasteiger partial charge in [0.1, 0.15) is 0 Å². The molecule has 0 radical (unpaired) electrons. The van der Waals surface area contributed by atoms with Gasteiger partial charge in [0.25, 0.3) is 5.91 Å². The Hall–Kier alpha value is -1.47. The number of aromatic hydroxyl groups is 1. The average Bonchev–Trinajstić information content (AvgIpc) is 2.36. The maximum absolute atomic E-state index is 13.3. The second kappa shape index (κ2) is 7.85. The van der Waals surface area contributed by atoms with E-state index in [1.807, 2.05) is 6.92 Å². The summed E-state index contributed by atoms with van der Waals surface area (Å²) in [4.78, 5) is 11.5. The Bertz CT molecular complexity index is 458. The van der Waals surface area contributed by atoms with E-state index in [0.717, 1.165) is 0 Å². The highest BCUT2D eigenvalue weighted by Gasteiger charge is 2.22. The Labute approximate surface area is 114 Å². The number of carbonyl (C=O) groups is 1. The number of nitrogens with one attached hydrogen (secondary N) is 2. The summed E-state index contributed by atoms with van der Waals surface area (Å²) < 4.78 is 39.0. The number of phenols is 1. The Balaban J connectivity index is 0.00000324. The van der Waals surface area contributed by atoms with E-state index in [-0.39, 0.29) is 19.0 Å². The van der Waals surface area contributed by atoms with E-state index in [4.69, 9.17) is 5.11 Å². The van der Waals surface area contributed by atoms with Gasteiger partial charge in [-0.1, -0.05) is 6.92 Å². The van der Waals surface area contributed by atoms with E-state index in [1.165, 1.54) is 0 Å². The molecule has 4 nitrogen and oxygen atoms in total. The Morgan fingerprint density at radius 3 is 2.47 bits per heavy atom. The van der Waals surface area contributed by atoms with Gasteiger partial charge in [-0.15, -0.1) is 12.4 Å². The van der Waals surface area contributed by atoms with Crippen molar-refractivity contribution in [1.29, 1.82) is 0 Å². The minimum absolute atomic E-state index is 0. The highest BCUT2D eigenvalue weighted by atomic mass is 35.5. The fourth-order valence-electron chi connectivity index (χ4n) is 1.29. The Morgan fingerprint density at radius 2 is 1.89 bits per heavy atom. The largest absolute Gasteiger partial charge is 0.503 e. The van der Waals surface area contributed by atoms with Gasteiger partial charge >= 0.3 is 0 Å². The molecule has 108 valence electrons. The van der Waals surface area contributed by atoms with Crippen molar-refractivity contribution in [3.05, 3.63) is 29.1 Å². The van der Waals surface area contributed by atoms with Crippen LogP contribution >= 0.6 is 12.4 Å². The number of likely N-dealkylation sites (N-methyl/N-ethyl adjacent to an activating group) is 1. The molecule has 8 heteroatoms. The van der Waals surface area contributed by atoms with Crippen molar-refractivity contribution in [3.63, 3.8) is 0 Å². The maximum atomic E-state index is 13.3. The van der Waals surface area contributed by atoms with Gasteiger partial charge in [-0.3, -0.25) is 4.79 Å². The molecule has 0 aliphatic heterocycles. The lowest BCUT2D eigenvalue weighted by atomic mass is 10.1. The van der Waals surface area contributed by atoms with Gasteiger partial charge in [-0.2, -0.15) is 4.39 Å². The van der Waals surface area contributed by atoms with E-state index in [1.54, 1.807) is 0 Å². The fraction of sp³-hybridized carbons (Fsp3) is 0.364. The standard InChI is InChI=1S/C11H13F3N2O2.ClH/c1-2-15-3-4-16-11(18)6-5-7(12)9(14)10(17)8(6)13;/h5,15,17H,2-4H2,1H3,(H,16,18);1H. The van der Waals surface area contributed by atoms with Crippen molar-refractivity contribution in [3.8, 4) is 5.75 Å². The maximum Gasteiger partial charge on any atom is 0.254 e. The number of phenolic OH excluding ortho intramolecular Hbond substituents is 1. The Kier molecular flexibility index (Phi) is 7.25. The first-order valence-electron chi connectivity index (χ1n) is 5.34. The third-order valence-corrected chi connectivity index (χ3v) is 2.21. The predicted molar refractivity (Wildman–Crippen MR) is 66.1 cm³/mol. The van der Waals surface area contributed by atoms with Crippen LogP contribution < -0.4 is 10.6 Å². The molecule has 0 heterocycles. The molecule has 0 spiro atoms. The molecule has 1 rings (SSSR count). The number of halogens is 4. The molecule has 1 amide bonds. The molecule has 0 aliphatic rings. The van der Waals surface area contributed by atoms with Gasteiger partial charge in [0.05, 0.1) is 5.56 Å². The molecule has 0 fully saturated rings. The van der Waals surface area contributed by atoms with Gasteiger partial charge in [-0.05, 0) is 12.6 Å². The van der Waals surface area contributed by atoms with Crippen molar-refractivity contribution in [2.75, 3.05) is 19.6 Å². The van der Waals surface area contributed by atoms with Crippen LogP contribution in [0.25, 0.3) is 0 Å². The summed E-state index contributed by atoms with van der Waals surface area (Å²) in [5, 5.41) is 14.2. The van der Waals surface area contributed by atoms with Crippen molar-refractivity contribution in [2.24, 2.45) is 0 Å². The van der Waals surface area contributed by atoms with Gasteiger partial charge in [0, 0.05) is 13.1 Å². The van der Waals surface area contributed by atoms with Crippen LogP contribution in [0.5, 0.6) is 5.75 Å². The normalized spacial score (nSPS) is 9.89. The molecule has 0 aliphatic carbocycles. The predicted octanol–water partition coefficient (Wildman–Crippen LogP) is 1.57. The summed E-state index contributed by atoms with van der Waals surface area (Å²) in [5.41, 5.74) is -0.733. The lowest BCUT2D eigenvalue weighted by Crippen LogP contribution is -2.32. The molecule has 1 aromatic rings. The molecule has 0 bridgehead atoms. The minimum atomic E-state index is -1.71. The molecular weight excluding hydrogens is 285 g/mol. The van der Waals surface area contributed by atoms with Crippen LogP contribution in [0.2, 0.25) is 0 Å². The Morgan fingerprint density at radius 1 is 1.26 bits per heavy atom. The smallest absolute Gasteiger partial charge is 0.254 e. The molecule has 0 saturated heterocycles. The molecule has 3 N–H and O–H groups in total. The summed E-state index contributed by atoms with van der Waals surface area (Å²) in [6.45, 7) is 3.23. The van der Waals surface area contributed by atoms with Gasteiger partial charge in [0.2, 0.25) is 5.82 Å². The molecule has 1 aromatic carbocycles. The first kappa shape index (κ1) is 17.5. The number of benzene rings is 1. The summed E-state index contributed by atoms with van der Waals surface area (Å²) >= 11 is 0. The fourth-order valence-corrected chi connectivity index (χ4v) is 1.29. The van der Waals surface area contributed by atoms with Crippen LogP contribution in [0.15, 0.2) is 6.07 Å². The first-order chi connectivity index (χ1) is 8.49. The van der Waals surface area contributed by atoms with E-state index in [2.05, 4.69) is 10.6 Å². The highest BCUT2D eigenvalue weighted by Crippen LogP contribution is 2.25. The van der Waals surface area contributed by atoms with Crippen molar-refractivity contribution < 1.29 is 23.1 Å². The molecule has 19 heavy (non-hydrogen) atoms. The number of hydrogen-bond acceptors (Lipinski definition) is 3. The van der Waals surface area contributed by atoms with Crippen LogP contribution in [-0.4, -0.2) is 30.6 Å². The number of hydrogen-bond donors (Lipinski definition) is 3. The van der Waals surface area contributed by atoms with Crippen molar-refractivity contribution in [1.82, 2.24) is 10.6 Å². The van der Waals surface area contributed by atoms with Crippen molar-refractivity contribution in [2.45, 2.75) is 6.92 Å². The molecule has 0 aromatic heterocycles. The van der Waals surface area contributed by atoms with Crippen LogP contribution in [-0.2, 0) is 0 Å². The summed E-state index contributed by atoms with van der Waals surface area (Å²) in [7, 11) is 0. The molecule has 0 unspecified atom stereocenters. The zero-order chi connectivity index (χ0) is 13.7. The molecule has 0 atom stereocenters. The van der Waals surface area contributed by atoms with Crippen LogP contribution in [0.3, 0.4) is 0 Å². The number of amides is 1. The third kappa shape index (κ3) is 4.29. The lowest BCUT2D eigenvalue weighted by molar-refractivity contribution is 0.0948. The van der Waals surface area contributed by atoms with E-state index < -0.39 is 34.7 Å².